The molecule has 0 bridgehead atoms. The fourth-order valence-corrected chi connectivity index (χ4v) is 4.78. The lowest BCUT2D eigenvalue weighted by Gasteiger charge is -2.32. The van der Waals surface area contributed by atoms with Crippen molar-refractivity contribution in [3.8, 4) is 0 Å². The van der Waals surface area contributed by atoms with Gasteiger partial charge in [0.2, 0.25) is 5.91 Å². The summed E-state index contributed by atoms with van der Waals surface area (Å²) < 4.78 is 0. The van der Waals surface area contributed by atoms with Crippen molar-refractivity contribution < 1.29 is 9.59 Å². The Kier molecular flexibility index (Phi) is 6.93. The molecule has 1 aliphatic heterocycles. The van der Waals surface area contributed by atoms with E-state index >= 15 is 0 Å². The van der Waals surface area contributed by atoms with Gasteiger partial charge in [-0.15, -0.1) is 0 Å². The highest BCUT2D eigenvalue weighted by Crippen LogP contribution is 2.30. The molecule has 3 aromatic rings. The van der Waals surface area contributed by atoms with Gasteiger partial charge in [-0.25, -0.2) is 9.97 Å². The first-order valence-electron chi connectivity index (χ1n) is 10.9. The van der Waals surface area contributed by atoms with E-state index in [-0.39, 0.29) is 17.7 Å². The summed E-state index contributed by atoms with van der Waals surface area (Å²) in [5.74, 6) is 0.107. The van der Waals surface area contributed by atoms with Crippen LogP contribution in [0.2, 0.25) is 0 Å². The zero-order valence-corrected chi connectivity index (χ0v) is 19.6. The zero-order chi connectivity index (χ0) is 23.4. The predicted molar refractivity (Wildman–Crippen MR) is 131 cm³/mol. The third kappa shape index (κ3) is 5.51. The van der Waals surface area contributed by atoms with Gasteiger partial charge in [0.15, 0.2) is 0 Å². The van der Waals surface area contributed by atoms with Crippen molar-refractivity contribution >= 4 is 35.1 Å². The Bertz CT molecular complexity index is 1170. The van der Waals surface area contributed by atoms with E-state index in [2.05, 4.69) is 46.2 Å². The lowest BCUT2D eigenvalue weighted by atomic mass is 9.97. The first-order chi connectivity index (χ1) is 15.9. The Morgan fingerprint density at radius 1 is 1.12 bits per heavy atom. The van der Waals surface area contributed by atoms with Crippen LogP contribution < -0.4 is 16.0 Å². The molecule has 33 heavy (non-hydrogen) atoms. The van der Waals surface area contributed by atoms with Gasteiger partial charge < -0.3 is 16.0 Å². The summed E-state index contributed by atoms with van der Waals surface area (Å²) >= 11 is 1.47. The second-order valence-corrected chi connectivity index (χ2v) is 9.31. The number of nitrogens with zero attached hydrogens (tertiary/aromatic N) is 3. The number of aromatic nitrogens is 2. The number of nitrogens with two attached hydrogens (primary N) is 1. The number of nitrogens with one attached hydrogen (secondary N) is 1. The lowest BCUT2D eigenvalue weighted by molar-refractivity contribution is -0.122. The smallest absolute Gasteiger partial charge is 0.258 e. The predicted octanol–water partition coefficient (Wildman–Crippen LogP) is 4.20. The minimum atomic E-state index is -0.269. The molecule has 0 aliphatic carbocycles. The van der Waals surface area contributed by atoms with Crippen molar-refractivity contribution in [2.24, 2.45) is 11.7 Å². The van der Waals surface area contributed by atoms with E-state index in [4.69, 9.17) is 5.73 Å². The molecular formula is C25H27N5O2S. The van der Waals surface area contributed by atoms with Crippen molar-refractivity contribution in [2.45, 2.75) is 36.6 Å². The molecule has 0 saturated carbocycles. The summed E-state index contributed by atoms with van der Waals surface area (Å²) in [6.45, 7) is 5.55. The highest BCUT2D eigenvalue weighted by atomic mass is 32.2. The van der Waals surface area contributed by atoms with Gasteiger partial charge in [0.1, 0.15) is 10.8 Å². The average molecular weight is 462 g/mol. The highest BCUT2D eigenvalue weighted by Gasteiger charge is 2.24. The van der Waals surface area contributed by atoms with Gasteiger partial charge in [-0.1, -0.05) is 17.8 Å². The van der Waals surface area contributed by atoms with Crippen LogP contribution in [0.15, 0.2) is 64.8 Å². The largest absolute Gasteiger partial charge is 0.369 e. The third-order valence-electron chi connectivity index (χ3n) is 5.86. The number of hydrogen-bond acceptors (Lipinski definition) is 6. The maximum Gasteiger partial charge on any atom is 0.258 e. The summed E-state index contributed by atoms with van der Waals surface area (Å²) in [4.78, 5) is 36.5. The number of carbonyl (C=O) groups excluding carboxylic acids is 2. The highest BCUT2D eigenvalue weighted by molar-refractivity contribution is 7.99. The third-order valence-corrected chi connectivity index (χ3v) is 6.87. The molecule has 0 radical (unpaired) electrons. The van der Waals surface area contributed by atoms with Crippen LogP contribution >= 0.6 is 11.8 Å². The molecule has 2 aromatic heterocycles. The number of anilines is 2. The second-order valence-electron chi connectivity index (χ2n) is 8.25. The number of amides is 2. The fraction of sp³-hybridized carbons (Fsp3) is 0.280. The van der Waals surface area contributed by atoms with Gasteiger partial charge in [0.25, 0.3) is 5.91 Å². The molecule has 8 heteroatoms. The van der Waals surface area contributed by atoms with E-state index < -0.39 is 0 Å². The lowest BCUT2D eigenvalue weighted by Crippen LogP contribution is -2.41. The number of benzene rings is 1. The van der Waals surface area contributed by atoms with Crippen LogP contribution in [0.5, 0.6) is 0 Å². The van der Waals surface area contributed by atoms with E-state index in [1.807, 2.05) is 18.2 Å². The van der Waals surface area contributed by atoms with Crippen LogP contribution in [0.4, 0.5) is 11.5 Å². The number of primary amides is 1. The van der Waals surface area contributed by atoms with Crippen molar-refractivity contribution in [1.82, 2.24) is 9.97 Å². The number of hydrogen-bond donors (Lipinski definition) is 2. The molecule has 1 atom stereocenters. The summed E-state index contributed by atoms with van der Waals surface area (Å²) in [5.41, 5.74) is 9.00. The van der Waals surface area contributed by atoms with E-state index in [1.165, 1.54) is 22.9 Å². The normalized spacial score (nSPS) is 15.8. The first kappa shape index (κ1) is 22.8. The Morgan fingerprint density at radius 3 is 2.70 bits per heavy atom. The molecule has 0 spiro atoms. The number of piperidine rings is 1. The molecule has 170 valence electrons. The topological polar surface area (TPSA) is 101 Å². The maximum absolute atomic E-state index is 13.0. The van der Waals surface area contributed by atoms with Crippen molar-refractivity contribution in [3.63, 3.8) is 0 Å². The van der Waals surface area contributed by atoms with Gasteiger partial charge in [-0.2, -0.15) is 0 Å². The number of rotatable bonds is 6. The number of aryl methyl sites for hydroxylation is 2. The summed E-state index contributed by atoms with van der Waals surface area (Å²) in [5, 5.41) is 3.56. The van der Waals surface area contributed by atoms with Crippen molar-refractivity contribution in [1.29, 1.82) is 0 Å². The molecule has 7 nitrogen and oxygen atoms in total. The fourth-order valence-electron chi connectivity index (χ4n) is 3.80. The Hall–Kier alpha value is -3.39. The Morgan fingerprint density at radius 2 is 1.97 bits per heavy atom. The summed E-state index contributed by atoms with van der Waals surface area (Å²) in [7, 11) is 0. The van der Waals surface area contributed by atoms with Crippen LogP contribution in [-0.2, 0) is 4.79 Å². The summed E-state index contributed by atoms with van der Waals surface area (Å²) in [6.07, 6.45) is 5.03. The molecule has 3 heterocycles. The van der Waals surface area contributed by atoms with E-state index in [0.29, 0.717) is 22.8 Å². The molecule has 1 fully saturated rings. The average Bonchev–Trinajstić information content (AvgIpc) is 2.82. The second kappa shape index (κ2) is 10.0. The van der Waals surface area contributed by atoms with Gasteiger partial charge >= 0.3 is 0 Å². The quantitative estimate of drug-likeness (QED) is 0.571. The van der Waals surface area contributed by atoms with Gasteiger partial charge in [-0.3, -0.25) is 9.59 Å². The van der Waals surface area contributed by atoms with E-state index in [1.54, 1.807) is 24.5 Å². The molecule has 1 unspecified atom stereocenters. The summed E-state index contributed by atoms with van der Waals surface area (Å²) in [6, 6.07) is 13.4. The van der Waals surface area contributed by atoms with Crippen molar-refractivity contribution in [2.75, 3.05) is 23.3 Å². The minimum absolute atomic E-state index is 0.154. The van der Waals surface area contributed by atoms with Gasteiger partial charge in [0.05, 0.1) is 23.4 Å². The molecule has 3 N–H and O–H groups in total. The molecule has 1 aliphatic rings. The SMILES string of the molecule is Cc1ccc(Sc2ncccc2C(=O)Nc2ccc(N3CCCC(C(N)=O)C3)nc2)cc1C. The zero-order valence-electron chi connectivity index (χ0n) is 18.7. The van der Waals surface area contributed by atoms with Crippen LogP contribution in [0.3, 0.4) is 0 Å². The maximum atomic E-state index is 13.0. The van der Waals surface area contributed by atoms with E-state index in [0.717, 1.165) is 30.1 Å². The molecule has 1 aromatic carbocycles. The molecular weight excluding hydrogens is 434 g/mol. The number of pyridine rings is 2. The Labute approximate surface area is 197 Å². The number of carbonyl (C=O) groups is 2. The van der Waals surface area contributed by atoms with Crippen LogP contribution in [0, 0.1) is 19.8 Å². The molecule has 4 rings (SSSR count). The van der Waals surface area contributed by atoms with Crippen LogP contribution in [0.1, 0.15) is 34.3 Å². The minimum Gasteiger partial charge on any atom is -0.369 e. The molecule has 1 saturated heterocycles. The monoisotopic (exact) mass is 461 g/mol. The first-order valence-corrected chi connectivity index (χ1v) is 11.7. The van der Waals surface area contributed by atoms with Crippen LogP contribution in [-0.4, -0.2) is 34.9 Å². The van der Waals surface area contributed by atoms with E-state index in [9.17, 15) is 9.59 Å². The van der Waals surface area contributed by atoms with Crippen LogP contribution in [0.25, 0.3) is 0 Å². The van der Waals surface area contributed by atoms with Gasteiger partial charge in [-0.05, 0) is 74.2 Å². The molecule has 2 amide bonds. The Balaban J connectivity index is 1.45. The van der Waals surface area contributed by atoms with Crippen molar-refractivity contribution in [3.05, 3.63) is 71.5 Å². The standard InChI is InChI=1S/C25H27N5O2S/c1-16-7-9-20(13-17(16)2)33-25-21(6-3-11-27-25)24(32)29-19-8-10-22(28-14-19)30-12-4-5-18(15-30)23(26)31/h3,6-11,13-14,18H,4-5,12,15H2,1-2H3,(H2,26,31)(H,29,32). The van der Waals surface area contributed by atoms with Gasteiger partial charge in [0, 0.05) is 24.2 Å².